The molecule has 0 saturated heterocycles. The summed E-state index contributed by atoms with van der Waals surface area (Å²) >= 11 is 0. The molecule has 5 amide bonds. The number of aliphatic imine (C=N–C) groups is 1. The van der Waals surface area contributed by atoms with Crippen LogP contribution in [-0.4, -0.2) is 88.8 Å². The topological polar surface area (TPSA) is 305 Å². The number of imidazole rings is 1. The second kappa shape index (κ2) is 21.8. The molecule has 0 aliphatic carbocycles. The van der Waals surface area contributed by atoms with Crippen molar-refractivity contribution in [3.05, 3.63) is 54.1 Å². The van der Waals surface area contributed by atoms with Crippen LogP contribution in [-0.2, 0) is 36.8 Å². The second-order valence-corrected chi connectivity index (χ2v) is 12.5. The number of hydrogen-bond donors (Lipinski definition) is 10. The maximum Gasteiger partial charge on any atom is 0.243 e. The molecule has 276 valence electrons. The van der Waals surface area contributed by atoms with Crippen molar-refractivity contribution in [3.63, 3.8) is 0 Å². The highest BCUT2D eigenvalue weighted by Crippen LogP contribution is 2.10. The summed E-state index contributed by atoms with van der Waals surface area (Å²) < 4.78 is 0. The number of hydrogen-bond acceptors (Lipinski definition) is 9. The Morgan fingerprint density at radius 3 is 2.14 bits per heavy atom. The third-order valence-corrected chi connectivity index (χ3v) is 7.91. The van der Waals surface area contributed by atoms with Crippen LogP contribution in [0, 0.1) is 5.92 Å². The van der Waals surface area contributed by atoms with Crippen LogP contribution in [0.15, 0.2) is 47.8 Å². The van der Waals surface area contributed by atoms with Crippen molar-refractivity contribution in [2.24, 2.45) is 39.6 Å². The van der Waals surface area contributed by atoms with Gasteiger partial charge in [-0.2, -0.15) is 0 Å². The zero-order chi connectivity index (χ0) is 37.1. The highest BCUT2D eigenvalue weighted by atomic mass is 16.2. The lowest BCUT2D eigenvalue weighted by Crippen LogP contribution is -2.58. The number of carbonyl (C=O) groups is 5. The number of aromatic amines is 1. The van der Waals surface area contributed by atoms with Crippen LogP contribution >= 0.6 is 0 Å². The molecular weight excluding hydrogens is 644 g/mol. The standard InChI is InChI=1S/C33H54N12O5/c1-20(2)28(45-27(46)17-22(11-8-14-40-33(37)38)42-30(48)24(35)12-6-7-13-34)32(50)44-26(16-23-18-39-19-41-23)31(49)43-25(29(36)47)15-21-9-4-3-5-10-21/h3-5,9-10,18-20,22,24-26,28H,6-8,11-17,34-35H2,1-2H3,(H2,36,47)(H,39,41)(H,42,48)(H,43,49)(H,44,50)(H,45,46)(H4,37,38,40)/t22-,24-,25-,26-,28-/m0/s1. The molecule has 1 aromatic heterocycles. The van der Waals surface area contributed by atoms with Crippen molar-refractivity contribution >= 4 is 35.5 Å². The van der Waals surface area contributed by atoms with E-state index in [1.165, 1.54) is 12.5 Å². The van der Waals surface area contributed by atoms with Gasteiger partial charge < -0.3 is 54.9 Å². The van der Waals surface area contributed by atoms with E-state index >= 15 is 0 Å². The zero-order valence-corrected chi connectivity index (χ0v) is 28.9. The minimum Gasteiger partial charge on any atom is -0.370 e. The van der Waals surface area contributed by atoms with Crippen molar-refractivity contribution in [1.82, 2.24) is 31.2 Å². The van der Waals surface area contributed by atoms with Crippen LogP contribution < -0.4 is 49.9 Å². The number of nitrogens with zero attached hydrogens (tertiary/aromatic N) is 2. The Morgan fingerprint density at radius 1 is 0.840 bits per heavy atom. The van der Waals surface area contributed by atoms with Gasteiger partial charge >= 0.3 is 0 Å². The predicted molar refractivity (Wildman–Crippen MR) is 190 cm³/mol. The number of H-pyrrole nitrogens is 1. The molecule has 0 fully saturated rings. The number of primary amides is 1. The Balaban J connectivity index is 2.17. The van der Waals surface area contributed by atoms with Crippen molar-refractivity contribution in [1.29, 1.82) is 0 Å². The molecule has 5 atom stereocenters. The van der Waals surface area contributed by atoms with E-state index in [0.29, 0.717) is 37.9 Å². The average molecular weight is 699 g/mol. The van der Waals surface area contributed by atoms with E-state index in [2.05, 4.69) is 36.2 Å². The zero-order valence-electron chi connectivity index (χ0n) is 28.9. The molecule has 1 aromatic carbocycles. The molecule has 0 spiro atoms. The molecule has 0 saturated carbocycles. The Bertz CT molecular complexity index is 1380. The SMILES string of the molecule is CC(C)[C@H](NC(=O)C[C@H](CCCN=C(N)N)NC(=O)[C@@H](N)CCCCN)C(=O)N[C@@H](Cc1cnc[nH]1)C(=O)N[C@@H](Cc1ccccc1)C(N)=O. The minimum atomic E-state index is -1.15. The van der Waals surface area contributed by atoms with Crippen LogP contribution in [0.2, 0.25) is 0 Å². The number of nitrogens with one attached hydrogen (secondary N) is 5. The summed E-state index contributed by atoms with van der Waals surface area (Å²) in [6.45, 7) is 4.26. The molecule has 15 N–H and O–H groups in total. The third-order valence-electron chi connectivity index (χ3n) is 7.91. The van der Waals surface area contributed by atoms with Gasteiger partial charge in [0.15, 0.2) is 5.96 Å². The first-order chi connectivity index (χ1) is 23.8. The van der Waals surface area contributed by atoms with Gasteiger partial charge in [0.1, 0.15) is 18.1 Å². The summed E-state index contributed by atoms with van der Waals surface area (Å²) in [4.78, 5) is 76.5. The van der Waals surface area contributed by atoms with E-state index in [0.717, 1.165) is 12.0 Å². The lowest BCUT2D eigenvalue weighted by molar-refractivity contribution is -0.134. The van der Waals surface area contributed by atoms with Crippen LogP contribution in [0.3, 0.4) is 0 Å². The van der Waals surface area contributed by atoms with E-state index < -0.39 is 65.7 Å². The summed E-state index contributed by atoms with van der Waals surface area (Å²) in [5, 5.41) is 11.0. The summed E-state index contributed by atoms with van der Waals surface area (Å²) in [7, 11) is 0. The molecule has 0 aliphatic heterocycles. The van der Waals surface area contributed by atoms with Crippen molar-refractivity contribution in [2.45, 2.75) is 95.4 Å². The maximum atomic E-state index is 13.7. The quantitative estimate of drug-likeness (QED) is 0.0352. The number of benzene rings is 1. The highest BCUT2D eigenvalue weighted by Gasteiger charge is 2.32. The van der Waals surface area contributed by atoms with Gasteiger partial charge in [-0.15, -0.1) is 0 Å². The minimum absolute atomic E-state index is 0.0165. The Morgan fingerprint density at radius 2 is 1.54 bits per heavy atom. The number of aromatic nitrogens is 2. The molecule has 2 aromatic rings. The summed E-state index contributed by atoms with van der Waals surface area (Å²) in [5.74, 6) is -3.38. The van der Waals surface area contributed by atoms with Crippen LogP contribution in [0.4, 0.5) is 0 Å². The fourth-order valence-electron chi connectivity index (χ4n) is 5.14. The highest BCUT2D eigenvalue weighted by molar-refractivity contribution is 5.94. The molecule has 0 radical (unpaired) electrons. The van der Waals surface area contributed by atoms with Gasteiger partial charge in [0.2, 0.25) is 29.5 Å². The first-order valence-corrected chi connectivity index (χ1v) is 16.8. The van der Waals surface area contributed by atoms with Crippen molar-refractivity contribution < 1.29 is 24.0 Å². The first-order valence-electron chi connectivity index (χ1n) is 16.8. The third kappa shape index (κ3) is 15.5. The van der Waals surface area contributed by atoms with E-state index in [9.17, 15) is 24.0 Å². The normalized spacial score (nSPS) is 14.0. The Hall–Kier alpha value is -5.03. The fourth-order valence-corrected chi connectivity index (χ4v) is 5.14. The molecule has 17 heteroatoms. The van der Waals surface area contributed by atoms with Gasteiger partial charge in [-0.1, -0.05) is 50.6 Å². The van der Waals surface area contributed by atoms with Crippen molar-refractivity contribution in [3.8, 4) is 0 Å². The lowest BCUT2D eigenvalue weighted by Gasteiger charge is -2.27. The van der Waals surface area contributed by atoms with E-state index in [1.54, 1.807) is 38.1 Å². The van der Waals surface area contributed by atoms with Gasteiger partial charge in [-0.3, -0.25) is 29.0 Å². The van der Waals surface area contributed by atoms with Gasteiger partial charge in [-0.05, 0) is 43.7 Å². The fraction of sp³-hybridized carbons (Fsp3) is 0.545. The predicted octanol–water partition coefficient (Wildman–Crippen LogP) is -1.82. The van der Waals surface area contributed by atoms with Crippen LogP contribution in [0.5, 0.6) is 0 Å². The molecule has 50 heavy (non-hydrogen) atoms. The number of guanidine groups is 1. The van der Waals surface area contributed by atoms with Gasteiger partial charge in [-0.25, -0.2) is 4.98 Å². The van der Waals surface area contributed by atoms with Gasteiger partial charge in [0, 0.05) is 43.7 Å². The second-order valence-electron chi connectivity index (χ2n) is 12.5. The first kappa shape index (κ1) is 41.1. The number of rotatable bonds is 23. The van der Waals surface area contributed by atoms with Crippen LogP contribution in [0.25, 0.3) is 0 Å². The number of unbranched alkanes of at least 4 members (excludes halogenated alkanes) is 1. The van der Waals surface area contributed by atoms with E-state index in [4.69, 9.17) is 28.7 Å². The maximum absolute atomic E-state index is 13.7. The molecule has 0 bridgehead atoms. The van der Waals surface area contributed by atoms with E-state index in [1.807, 2.05) is 6.07 Å². The Kier molecular flexibility index (Phi) is 18.0. The molecule has 1 heterocycles. The van der Waals surface area contributed by atoms with Gasteiger partial charge in [0.05, 0.1) is 12.4 Å². The number of nitrogens with two attached hydrogens (primary N) is 5. The number of amides is 5. The van der Waals surface area contributed by atoms with E-state index in [-0.39, 0.29) is 31.8 Å². The summed E-state index contributed by atoms with van der Waals surface area (Å²) in [6.07, 6.45) is 5.63. The summed E-state index contributed by atoms with van der Waals surface area (Å²) in [6, 6.07) is 4.40. The monoisotopic (exact) mass is 698 g/mol. The molecule has 0 aliphatic rings. The lowest BCUT2D eigenvalue weighted by atomic mass is 10.0. The van der Waals surface area contributed by atoms with Crippen LogP contribution in [0.1, 0.15) is 63.6 Å². The largest absolute Gasteiger partial charge is 0.370 e. The molecule has 17 nitrogen and oxygen atoms in total. The molecule has 0 unspecified atom stereocenters. The number of carbonyl (C=O) groups excluding carboxylic acids is 5. The summed E-state index contributed by atoms with van der Waals surface area (Å²) in [5.41, 5.74) is 29.4. The molecular formula is C33H54N12O5. The van der Waals surface area contributed by atoms with Gasteiger partial charge in [0.25, 0.3) is 0 Å². The average Bonchev–Trinajstić information content (AvgIpc) is 3.58. The van der Waals surface area contributed by atoms with Crippen molar-refractivity contribution in [2.75, 3.05) is 13.1 Å². The smallest absolute Gasteiger partial charge is 0.243 e. The molecule has 2 rings (SSSR count). The Labute approximate surface area is 292 Å².